The second-order valence-corrected chi connectivity index (χ2v) is 6.66. The highest BCUT2D eigenvalue weighted by Gasteiger charge is 2.12. The van der Waals surface area contributed by atoms with Crippen molar-refractivity contribution in [3.8, 4) is 11.8 Å². The van der Waals surface area contributed by atoms with Crippen LogP contribution in [0.1, 0.15) is 29.3 Å². The van der Waals surface area contributed by atoms with E-state index in [1.807, 2.05) is 0 Å². The van der Waals surface area contributed by atoms with Crippen molar-refractivity contribution in [3.05, 3.63) is 29.6 Å². The van der Waals surface area contributed by atoms with Crippen molar-refractivity contribution in [1.82, 2.24) is 10.3 Å². The number of nitrogens with zero attached hydrogens (tertiary/aromatic N) is 1. The number of sulfone groups is 1. The van der Waals surface area contributed by atoms with E-state index in [0.717, 1.165) is 0 Å². The summed E-state index contributed by atoms with van der Waals surface area (Å²) in [6, 6.07) is 1.52. The van der Waals surface area contributed by atoms with E-state index in [2.05, 4.69) is 22.1 Å². The number of carbonyl (C=O) groups excluding carboxylic acids is 1. The normalized spacial score (nSPS) is 10.6. The highest BCUT2D eigenvalue weighted by molar-refractivity contribution is 7.91. The molecule has 21 heavy (non-hydrogen) atoms. The molecule has 0 fully saturated rings. The molecule has 0 aliphatic rings. The van der Waals surface area contributed by atoms with E-state index in [-0.39, 0.29) is 24.7 Å². The van der Waals surface area contributed by atoms with Crippen molar-refractivity contribution in [2.24, 2.45) is 0 Å². The zero-order chi connectivity index (χ0) is 15.7. The monoisotopic (exact) mass is 310 g/mol. The van der Waals surface area contributed by atoms with Gasteiger partial charge in [-0.05, 0) is 6.07 Å². The van der Waals surface area contributed by atoms with E-state index in [1.54, 1.807) is 6.92 Å². The average molecular weight is 310 g/mol. The molecule has 6 nitrogen and oxygen atoms in total. The van der Waals surface area contributed by atoms with E-state index < -0.39 is 15.7 Å². The second-order valence-electron chi connectivity index (χ2n) is 4.19. The Morgan fingerprint density at radius 2 is 2.24 bits per heavy atom. The first-order chi connectivity index (χ1) is 10.00. The molecule has 0 spiro atoms. The summed E-state index contributed by atoms with van der Waals surface area (Å²) in [6.45, 7) is 1.57. The summed E-state index contributed by atoms with van der Waals surface area (Å²) in [7, 11) is -3.11. The number of amides is 1. The SMILES string of the molecule is CCS(=O)(=O)CCNC(=O)c1ccncc1C#CCCO. The smallest absolute Gasteiger partial charge is 0.252 e. The van der Waals surface area contributed by atoms with Crippen molar-refractivity contribution >= 4 is 15.7 Å². The highest BCUT2D eigenvalue weighted by Crippen LogP contribution is 2.05. The first-order valence-corrected chi connectivity index (χ1v) is 8.34. The number of aromatic nitrogens is 1. The summed E-state index contributed by atoms with van der Waals surface area (Å²) in [5.41, 5.74) is 0.783. The fourth-order valence-electron chi connectivity index (χ4n) is 1.47. The third kappa shape index (κ3) is 5.94. The molecule has 0 saturated heterocycles. The number of rotatable bonds is 6. The molecule has 7 heteroatoms. The van der Waals surface area contributed by atoms with Crippen molar-refractivity contribution in [3.63, 3.8) is 0 Å². The lowest BCUT2D eigenvalue weighted by molar-refractivity contribution is 0.0956. The molecular formula is C14H18N2O4S. The fourth-order valence-corrected chi connectivity index (χ4v) is 2.17. The van der Waals surface area contributed by atoms with Gasteiger partial charge >= 0.3 is 0 Å². The zero-order valence-corrected chi connectivity index (χ0v) is 12.6. The number of carbonyl (C=O) groups is 1. The molecule has 114 valence electrons. The Balaban J connectivity index is 2.73. The summed E-state index contributed by atoms with van der Waals surface area (Å²) in [4.78, 5) is 15.9. The molecular weight excluding hydrogens is 292 g/mol. The second kappa shape index (κ2) is 8.39. The molecule has 1 rings (SSSR count). The Bertz CT molecular complexity index is 644. The Morgan fingerprint density at radius 1 is 1.48 bits per heavy atom. The van der Waals surface area contributed by atoms with Crippen LogP contribution in [-0.4, -0.2) is 49.1 Å². The van der Waals surface area contributed by atoms with Crippen molar-refractivity contribution in [2.75, 3.05) is 24.7 Å². The van der Waals surface area contributed by atoms with Gasteiger partial charge in [-0.1, -0.05) is 18.8 Å². The fraction of sp³-hybridized carbons (Fsp3) is 0.429. The molecule has 0 unspecified atom stereocenters. The summed E-state index contributed by atoms with van der Waals surface area (Å²) in [5.74, 6) is 5.05. The Hall–Kier alpha value is -1.91. The maximum absolute atomic E-state index is 12.0. The van der Waals surface area contributed by atoms with Crippen molar-refractivity contribution in [2.45, 2.75) is 13.3 Å². The molecule has 0 radical (unpaired) electrons. The standard InChI is InChI=1S/C14H18N2O4S/c1-2-21(19,20)10-8-16-14(18)13-6-7-15-11-12(13)5-3-4-9-17/h6-7,11,17H,2,4,8-10H2,1H3,(H,16,18). The van der Waals surface area contributed by atoms with Gasteiger partial charge in [0.05, 0.1) is 23.5 Å². The first-order valence-electron chi connectivity index (χ1n) is 6.52. The maximum Gasteiger partial charge on any atom is 0.252 e. The van der Waals surface area contributed by atoms with E-state index >= 15 is 0 Å². The van der Waals surface area contributed by atoms with Crippen LogP contribution in [0, 0.1) is 11.8 Å². The van der Waals surface area contributed by atoms with Crippen LogP contribution in [0.5, 0.6) is 0 Å². The Labute approximate surface area is 124 Å². The van der Waals surface area contributed by atoms with Crippen LogP contribution in [0.15, 0.2) is 18.5 Å². The molecule has 1 heterocycles. The van der Waals surface area contributed by atoms with Crippen molar-refractivity contribution < 1.29 is 18.3 Å². The number of hydrogen-bond donors (Lipinski definition) is 2. The molecule has 1 aromatic rings. The quantitative estimate of drug-likeness (QED) is 0.720. The lowest BCUT2D eigenvalue weighted by Crippen LogP contribution is -2.30. The molecule has 0 aromatic carbocycles. The maximum atomic E-state index is 12.0. The molecule has 2 N–H and O–H groups in total. The average Bonchev–Trinajstić information content (AvgIpc) is 2.48. The van der Waals surface area contributed by atoms with Crippen LogP contribution in [0.3, 0.4) is 0 Å². The van der Waals surface area contributed by atoms with Gasteiger partial charge in [-0.2, -0.15) is 0 Å². The lowest BCUT2D eigenvalue weighted by Gasteiger charge is -2.06. The number of nitrogens with one attached hydrogen (secondary N) is 1. The van der Waals surface area contributed by atoms with E-state index in [4.69, 9.17) is 5.11 Å². The van der Waals surface area contributed by atoms with Gasteiger partial charge in [0, 0.05) is 31.1 Å². The molecule has 0 aliphatic heterocycles. The summed E-state index contributed by atoms with van der Waals surface area (Å²) in [6.07, 6.45) is 3.24. The van der Waals surface area contributed by atoms with Crippen LogP contribution < -0.4 is 5.32 Å². The van der Waals surface area contributed by atoms with Gasteiger partial charge in [-0.3, -0.25) is 9.78 Å². The topological polar surface area (TPSA) is 96.4 Å². The minimum Gasteiger partial charge on any atom is -0.395 e. The number of aliphatic hydroxyl groups excluding tert-OH is 1. The molecule has 0 atom stereocenters. The molecule has 0 aliphatic carbocycles. The van der Waals surface area contributed by atoms with Crippen LogP contribution >= 0.6 is 0 Å². The van der Waals surface area contributed by atoms with E-state index in [1.165, 1.54) is 18.5 Å². The minimum atomic E-state index is -3.11. The first kappa shape index (κ1) is 17.1. The third-order valence-corrected chi connectivity index (χ3v) is 4.37. The number of aliphatic hydroxyl groups is 1. The Morgan fingerprint density at radius 3 is 2.90 bits per heavy atom. The molecule has 1 aromatic heterocycles. The van der Waals surface area contributed by atoms with Gasteiger partial charge in [-0.25, -0.2) is 8.42 Å². The number of hydrogen-bond acceptors (Lipinski definition) is 5. The van der Waals surface area contributed by atoms with Crippen LogP contribution in [-0.2, 0) is 9.84 Å². The zero-order valence-electron chi connectivity index (χ0n) is 11.8. The van der Waals surface area contributed by atoms with Crippen LogP contribution in [0.2, 0.25) is 0 Å². The van der Waals surface area contributed by atoms with Crippen molar-refractivity contribution in [1.29, 1.82) is 0 Å². The predicted octanol–water partition coefficient (Wildman–Crippen LogP) is -0.0200. The van der Waals surface area contributed by atoms with Gasteiger partial charge in [0.25, 0.3) is 5.91 Å². The van der Waals surface area contributed by atoms with Gasteiger partial charge in [0.1, 0.15) is 0 Å². The summed E-state index contributed by atoms with van der Waals surface area (Å²) in [5, 5.41) is 11.2. The van der Waals surface area contributed by atoms with E-state index in [0.29, 0.717) is 17.5 Å². The summed E-state index contributed by atoms with van der Waals surface area (Å²) >= 11 is 0. The van der Waals surface area contributed by atoms with E-state index in [9.17, 15) is 13.2 Å². The highest BCUT2D eigenvalue weighted by atomic mass is 32.2. The van der Waals surface area contributed by atoms with Gasteiger partial charge < -0.3 is 10.4 Å². The molecule has 1 amide bonds. The predicted molar refractivity (Wildman–Crippen MR) is 79.5 cm³/mol. The van der Waals surface area contributed by atoms with Gasteiger partial charge in [-0.15, -0.1) is 0 Å². The summed E-state index contributed by atoms with van der Waals surface area (Å²) < 4.78 is 22.7. The van der Waals surface area contributed by atoms with Crippen LogP contribution in [0.25, 0.3) is 0 Å². The molecule has 0 bridgehead atoms. The van der Waals surface area contributed by atoms with Gasteiger partial charge in [0.15, 0.2) is 9.84 Å². The molecule has 0 saturated carbocycles. The van der Waals surface area contributed by atoms with Crippen LogP contribution in [0.4, 0.5) is 0 Å². The van der Waals surface area contributed by atoms with Gasteiger partial charge in [0.2, 0.25) is 0 Å². The number of pyridine rings is 1. The minimum absolute atomic E-state index is 0.0516. The third-order valence-electron chi connectivity index (χ3n) is 2.66. The lowest BCUT2D eigenvalue weighted by atomic mass is 10.1. The Kier molecular flexibility index (Phi) is 6.85. The largest absolute Gasteiger partial charge is 0.395 e.